The molecule has 0 bridgehead atoms. The zero-order valence-electron chi connectivity index (χ0n) is 9.00. The maximum atomic E-state index is 11.7. The summed E-state index contributed by atoms with van der Waals surface area (Å²) in [7, 11) is 0. The van der Waals surface area contributed by atoms with Crippen molar-refractivity contribution in [3.8, 4) is 0 Å². The molecule has 0 atom stereocenters. The lowest BCUT2D eigenvalue weighted by Crippen LogP contribution is -2.23. The van der Waals surface area contributed by atoms with E-state index in [-0.39, 0.29) is 5.91 Å². The Morgan fingerprint density at radius 3 is 2.88 bits per heavy atom. The van der Waals surface area contributed by atoms with Gasteiger partial charge in [-0.15, -0.1) is 0 Å². The molecular formula is C11H11N5O. The fourth-order valence-corrected chi connectivity index (χ4v) is 1.29. The van der Waals surface area contributed by atoms with Crippen LogP contribution < -0.4 is 11.1 Å². The number of nitrogen functional groups attached to an aromatic ring is 1. The van der Waals surface area contributed by atoms with Gasteiger partial charge < -0.3 is 11.1 Å². The zero-order valence-corrected chi connectivity index (χ0v) is 9.00. The molecule has 0 aromatic carbocycles. The number of rotatable bonds is 3. The van der Waals surface area contributed by atoms with Crippen LogP contribution in [0.4, 0.5) is 5.82 Å². The zero-order chi connectivity index (χ0) is 12.1. The van der Waals surface area contributed by atoms with Crippen molar-refractivity contribution >= 4 is 11.7 Å². The normalized spacial score (nSPS) is 9.88. The van der Waals surface area contributed by atoms with E-state index in [0.717, 1.165) is 5.69 Å². The Morgan fingerprint density at radius 1 is 1.29 bits per heavy atom. The summed E-state index contributed by atoms with van der Waals surface area (Å²) < 4.78 is 0. The van der Waals surface area contributed by atoms with Crippen LogP contribution in [0.3, 0.4) is 0 Å². The summed E-state index contributed by atoms with van der Waals surface area (Å²) in [5.74, 6) is 0.109. The quantitative estimate of drug-likeness (QED) is 0.793. The van der Waals surface area contributed by atoms with Gasteiger partial charge in [-0.2, -0.15) is 0 Å². The fourth-order valence-electron chi connectivity index (χ4n) is 1.29. The highest BCUT2D eigenvalue weighted by molar-refractivity contribution is 5.94. The Morgan fingerprint density at radius 2 is 2.18 bits per heavy atom. The Balaban J connectivity index is 1.98. The molecule has 0 saturated heterocycles. The lowest BCUT2D eigenvalue weighted by atomic mass is 10.2. The first-order chi connectivity index (χ1) is 8.25. The van der Waals surface area contributed by atoms with Crippen LogP contribution in [0.15, 0.2) is 36.9 Å². The highest BCUT2D eigenvalue weighted by Crippen LogP contribution is 2.03. The first kappa shape index (κ1) is 11.0. The van der Waals surface area contributed by atoms with E-state index < -0.39 is 0 Å². The summed E-state index contributed by atoms with van der Waals surface area (Å²) >= 11 is 0. The number of anilines is 1. The second kappa shape index (κ2) is 5.02. The van der Waals surface area contributed by atoms with E-state index >= 15 is 0 Å². The second-order valence-electron chi connectivity index (χ2n) is 3.35. The maximum absolute atomic E-state index is 11.7. The van der Waals surface area contributed by atoms with Crippen LogP contribution >= 0.6 is 0 Å². The molecule has 0 spiro atoms. The number of carbonyl (C=O) groups excluding carboxylic acids is 1. The van der Waals surface area contributed by atoms with Gasteiger partial charge in [-0.3, -0.25) is 4.79 Å². The van der Waals surface area contributed by atoms with Crippen molar-refractivity contribution in [3.63, 3.8) is 0 Å². The number of pyridine rings is 1. The van der Waals surface area contributed by atoms with E-state index in [0.29, 0.717) is 17.9 Å². The summed E-state index contributed by atoms with van der Waals surface area (Å²) in [6, 6.07) is 4.86. The smallest absolute Gasteiger partial charge is 0.251 e. The van der Waals surface area contributed by atoms with Crippen LogP contribution in [0.1, 0.15) is 16.1 Å². The van der Waals surface area contributed by atoms with Crippen molar-refractivity contribution in [2.75, 3.05) is 5.73 Å². The lowest BCUT2D eigenvalue weighted by Gasteiger charge is -2.04. The molecule has 1 amide bonds. The molecule has 0 aliphatic heterocycles. The Labute approximate surface area is 97.9 Å². The van der Waals surface area contributed by atoms with Gasteiger partial charge >= 0.3 is 0 Å². The first-order valence-corrected chi connectivity index (χ1v) is 5.00. The maximum Gasteiger partial charge on any atom is 0.251 e. The van der Waals surface area contributed by atoms with Gasteiger partial charge in [0, 0.05) is 18.0 Å². The third kappa shape index (κ3) is 2.97. The second-order valence-corrected chi connectivity index (χ2v) is 3.35. The molecule has 17 heavy (non-hydrogen) atoms. The van der Waals surface area contributed by atoms with Gasteiger partial charge in [0.1, 0.15) is 12.1 Å². The highest BCUT2D eigenvalue weighted by atomic mass is 16.1. The Kier molecular flexibility index (Phi) is 3.25. The lowest BCUT2D eigenvalue weighted by molar-refractivity contribution is 0.0950. The summed E-state index contributed by atoms with van der Waals surface area (Å²) in [4.78, 5) is 23.3. The van der Waals surface area contributed by atoms with Crippen molar-refractivity contribution < 1.29 is 4.79 Å². The SMILES string of the molecule is Nc1cc(C(=O)NCc2ccncn2)ccn1. The number of nitrogens with zero attached hydrogens (tertiary/aromatic N) is 3. The van der Waals surface area contributed by atoms with Crippen LogP contribution in [0.2, 0.25) is 0 Å². The predicted octanol–water partition coefficient (Wildman–Crippen LogP) is 0.384. The third-order valence-corrected chi connectivity index (χ3v) is 2.12. The van der Waals surface area contributed by atoms with Crippen molar-refractivity contribution in [1.82, 2.24) is 20.3 Å². The number of hydrogen-bond donors (Lipinski definition) is 2. The topological polar surface area (TPSA) is 93.8 Å². The average molecular weight is 229 g/mol. The molecule has 0 unspecified atom stereocenters. The molecule has 0 radical (unpaired) electrons. The van der Waals surface area contributed by atoms with Crippen LogP contribution in [0, 0.1) is 0 Å². The number of nitrogens with two attached hydrogens (primary N) is 1. The van der Waals surface area contributed by atoms with Gasteiger partial charge in [0.2, 0.25) is 0 Å². The molecule has 0 saturated carbocycles. The summed E-state index contributed by atoms with van der Waals surface area (Å²) in [6.45, 7) is 0.351. The largest absolute Gasteiger partial charge is 0.384 e. The van der Waals surface area contributed by atoms with Gasteiger partial charge in [-0.05, 0) is 18.2 Å². The molecule has 0 aliphatic rings. The predicted molar refractivity (Wildman–Crippen MR) is 61.9 cm³/mol. The van der Waals surface area contributed by atoms with Crippen molar-refractivity contribution in [3.05, 3.63) is 48.2 Å². The van der Waals surface area contributed by atoms with Crippen molar-refractivity contribution in [2.45, 2.75) is 6.54 Å². The molecule has 2 aromatic rings. The number of nitrogens with one attached hydrogen (secondary N) is 1. The van der Waals surface area contributed by atoms with Gasteiger partial charge in [0.15, 0.2) is 0 Å². The van der Waals surface area contributed by atoms with Crippen LogP contribution in [-0.2, 0) is 6.54 Å². The van der Waals surface area contributed by atoms with E-state index in [1.807, 2.05) is 0 Å². The molecule has 6 heteroatoms. The van der Waals surface area contributed by atoms with Gasteiger partial charge in [-0.1, -0.05) is 0 Å². The third-order valence-electron chi connectivity index (χ3n) is 2.12. The molecular weight excluding hydrogens is 218 g/mol. The van der Waals surface area contributed by atoms with Crippen molar-refractivity contribution in [2.24, 2.45) is 0 Å². The van der Waals surface area contributed by atoms with Crippen LogP contribution in [0.25, 0.3) is 0 Å². The molecule has 0 aliphatic carbocycles. The van der Waals surface area contributed by atoms with Gasteiger partial charge in [0.25, 0.3) is 5.91 Å². The molecule has 2 heterocycles. The van der Waals surface area contributed by atoms with E-state index in [2.05, 4.69) is 20.3 Å². The van der Waals surface area contributed by atoms with E-state index in [1.165, 1.54) is 18.6 Å². The minimum Gasteiger partial charge on any atom is -0.384 e. The number of amides is 1. The standard InChI is InChI=1S/C11H11N5O/c12-10-5-8(1-4-14-10)11(17)15-6-9-2-3-13-7-16-9/h1-5,7H,6H2,(H2,12,14)(H,15,17). The molecule has 2 rings (SSSR count). The van der Waals surface area contributed by atoms with Crippen LogP contribution in [0.5, 0.6) is 0 Å². The summed E-state index contributed by atoms with van der Waals surface area (Å²) in [5.41, 5.74) is 6.72. The van der Waals surface area contributed by atoms with Gasteiger partial charge in [-0.25, -0.2) is 15.0 Å². The van der Waals surface area contributed by atoms with E-state index in [4.69, 9.17) is 5.73 Å². The number of hydrogen-bond acceptors (Lipinski definition) is 5. The molecule has 2 aromatic heterocycles. The van der Waals surface area contributed by atoms with E-state index in [9.17, 15) is 4.79 Å². The average Bonchev–Trinajstić information content (AvgIpc) is 2.37. The summed E-state index contributed by atoms with van der Waals surface area (Å²) in [5, 5.41) is 2.73. The Hall–Kier alpha value is -2.50. The van der Waals surface area contributed by atoms with Gasteiger partial charge in [0.05, 0.1) is 12.2 Å². The monoisotopic (exact) mass is 229 g/mol. The molecule has 86 valence electrons. The van der Waals surface area contributed by atoms with Crippen LogP contribution in [-0.4, -0.2) is 20.9 Å². The molecule has 6 nitrogen and oxygen atoms in total. The van der Waals surface area contributed by atoms with Crippen molar-refractivity contribution in [1.29, 1.82) is 0 Å². The number of aromatic nitrogens is 3. The molecule has 0 fully saturated rings. The Bertz CT molecular complexity index is 514. The number of carbonyl (C=O) groups is 1. The minimum absolute atomic E-state index is 0.210. The minimum atomic E-state index is -0.210. The highest BCUT2D eigenvalue weighted by Gasteiger charge is 2.05. The molecule has 3 N–H and O–H groups in total. The van der Waals surface area contributed by atoms with E-state index in [1.54, 1.807) is 18.3 Å². The fraction of sp³-hybridized carbons (Fsp3) is 0.0909. The first-order valence-electron chi connectivity index (χ1n) is 5.00. The summed E-state index contributed by atoms with van der Waals surface area (Å²) in [6.07, 6.45) is 4.56.